The molecule has 116 valence electrons. The van der Waals surface area contributed by atoms with E-state index in [9.17, 15) is 9.59 Å². The van der Waals surface area contributed by atoms with Crippen molar-refractivity contribution in [2.75, 3.05) is 11.1 Å². The van der Waals surface area contributed by atoms with Crippen LogP contribution in [0.3, 0.4) is 0 Å². The van der Waals surface area contributed by atoms with Crippen LogP contribution >= 0.6 is 11.8 Å². The molecule has 0 saturated carbocycles. The number of primary amides is 1. The quantitative estimate of drug-likeness (QED) is 0.798. The fraction of sp³-hybridized carbons (Fsp3) is 0.118. The minimum absolute atomic E-state index is 0.181. The molecule has 5 nitrogen and oxygen atoms in total. The van der Waals surface area contributed by atoms with Crippen LogP contribution in [0.15, 0.2) is 53.4 Å². The van der Waals surface area contributed by atoms with E-state index in [2.05, 4.69) is 11.4 Å². The van der Waals surface area contributed by atoms with E-state index in [1.807, 2.05) is 12.1 Å². The normalized spacial score (nSPS) is 9.87. The van der Waals surface area contributed by atoms with Crippen LogP contribution in [0.25, 0.3) is 0 Å². The van der Waals surface area contributed by atoms with Gasteiger partial charge in [0, 0.05) is 17.1 Å². The first-order valence-corrected chi connectivity index (χ1v) is 7.90. The van der Waals surface area contributed by atoms with Gasteiger partial charge in [0.25, 0.3) is 5.91 Å². The van der Waals surface area contributed by atoms with E-state index in [-0.39, 0.29) is 5.91 Å². The molecule has 0 aliphatic carbocycles. The lowest BCUT2D eigenvalue weighted by molar-refractivity contribution is -0.115. The predicted molar refractivity (Wildman–Crippen MR) is 90.1 cm³/mol. The van der Waals surface area contributed by atoms with Gasteiger partial charge in [-0.3, -0.25) is 9.59 Å². The summed E-state index contributed by atoms with van der Waals surface area (Å²) in [5, 5.41) is 11.4. The number of para-hydroxylation sites is 1. The summed E-state index contributed by atoms with van der Waals surface area (Å²) in [4.78, 5) is 24.3. The van der Waals surface area contributed by atoms with Gasteiger partial charge in [0.15, 0.2) is 0 Å². The Balaban J connectivity index is 1.86. The van der Waals surface area contributed by atoms with Crippen molar-refractivity contribution < 1.29 is 9.59 Å². The number of carbonyl (C=O) groups excluding carboxylic acids is 2. The number of nitrogens with zero attached hydrogens (tertiary/aromatic N) is 1. The molecule has 0 spiro atoms. The smallest absolute Gasteiger partial charge is 0.250 e. The Labute approximate surface area is 138 Å². The number of nitrogens with two attached hydrogens (primary N) is 1. The van der Waals surface area contributed by atoms with Gasteiger partial charge in [-0.05, 0) is 36.4 Å². The minimum Gasteiger partial charge on any atom is -0.366 e. The highest BCUT2D eigenvalue weighted by Crippen LogP contribution is 2.20. The number of rotatable bonds is 6. The number of nitrogens with one attached hydrogen (secondary N) is 1. The minimum atomic E-state index is -0.576. The Morgan fingerprint density at radius 1 is 1.13 bits per heavy atom. The van der Waals surface area contributed by atoms with Gasteiger partial charge in [0.2, 0.25) is 5.91 Å². The van der Waals surface area contributed by atoms with Crippen molar-refractivity contribution >= 4 is 29.3 Å². The largest absolute Gasteiger partial charge is 0.366 e. The van der Waals surface area contributed by atoms with Crippen molar-refractivity contribution in [3.63, 3.8) is 0 Å². The number of thioether (sulfide) groups is 1. The number of anilines is 1. The van der Waals surface area contributed by atoms with E-state index in [1.54, 1.807) is 36.4 Å². The molecule has 2 rings (SSSR count). The molecule has 2 aromatic carbocycles. The summed E-state index contributed by atoms with van der Waals surface area (Å²) in [6.45, 7) is 0. The number of amides is 2. The molecule has 0 unspecified atom stereocenters. The molecular weight excluding hydrogens is 310 g/mol. The van der Waals surface area contributed by atoms with Crippen LogP contribution in [-0.2, 0) is 4.79 Å². The second-order valence-electron chi connectivity index (χ2n) is 4.69. The lowest BCUT2D eigenvalue weighted by atomic mass is 10.1. The van der Waals surface area contributed by atoms with Crippen molar-refractivity contribution in [3.05, 3.63) is 59.7 Å². The van der Waals surface area contributed by atoms with Gasteiger partial charge in [-0.25, -0.2) is 0 Å². The van der Waals surface area contributed by atoms with Crippen LogP contribution < -0.4 is 11.1 Å². The first-order chi connectivity index (χ1) is 11.1. The molecule has 2 aromatic rings. The van der Waals surface area contributed by atoms with E-state index in [0.717, 1.165) is 4.90 Å². The number of carbonyl (C=O) groups is 2. The molecule has 0 fully saturated rings. The summed E-state index contributed by atoms with van der Waals surface area (Å²) in [6.07, 6.45) is 0.303. The number of benzene rings is 2. The summed E-state index contributed by atoms with van der Waals surface area (Å²) in [6, 6.07) is 15.9. The average molecular weight is 325 g/mol. The Kier molecular flexibility index (Phi) is 5.78. The highest BCUT2D eigenvalue weighted by atomic mass is 32.2. The van der Waals surface area contributed by atoms with Gasteiger partial charge in [-0.1, -0.05) is 12.1 Å². The molecule has 23 heavy (non-hydrogen) atoms. The van der Waals surface area contributed by atoms with Crippen LogP contribution in [-0.4, -0.2) is 17.6 Å². The van der Waals surface area contributed by atoms with Gasteiger partial charge in [-0.15, -0.1) is 11.8 Å². The number of hydrogen-bond donors (Lipinski definition) is 2. The Hall–Kier alpha value is -2.78. The summed E-state index contributed by atoms with van der Waals surface area (Å²) in [5.41, 5.74) is 6.60. The number of hydrogen-bond acceptors (Lipinski definition) is 4. The van der Waals surface area contributed by atoms with Gasteiger partial charge in [0.1, 0.15) is 0 Å². The Morgan fingerprint density at radius 2 is 1.83 bits per heavy atom. The van der Waals surface area contributed by atoms with Gasteiger partial charge in [0.05, 0.1) is 22.9 Å². The molecule has 6 heteroatoms. The molecule has 0 aliphatic heterocycles. The van der Waals surface area contributed by atoms with Crippen molar-refractivity contribution in [3.8, 4) is 6.07 Å². The molecule has 0 saturated heterocycles. The maximum atomic E-state index is 12.0. The highest BCUT2D eigenvalue weighted by molar-refractivity contribution is 7.99. The summed E-state index contributed by atoms with van der Waals surface area (Å²) >= 11 is 1.53. The average Bonchev–Trinajstić information content (AvgIpc) is 2.56. The van der Waals surface area contributed by atoms with E-state index >= 15 is 0 Å². The van der Waals surface area contributed by atoms with Gasteiger partial charge < -0.3 is 11.1 Å². The maximum Gasteiger partial charge on any atom is 0.250 e. The SMILES string of the molecule is N#Cc1ccc(SCCC(=O)Nc2ccccc2C(N)=O)cc1. The zero-order chi connectivity index (χ0) is 16.7. The fourth-order valence-corrected chi connectivity index (χ4v) is 2.76. The standard InChI is InChI=1S/C17H15N3O2S/c18-11-12-5-7-13(8-6-12)23-10-9-16(21)20-15-4-2-1-3-14(15)17(19)22/h1-8H,9-10H2,(H2,19,22)(H,20,21). The summed E-state index contributed by atoms with van der Waals surface area (Å²) in [7, 11) is 0. The van der Waals surface area contributed by atoms with E-state index in [0.29, 0.717) is 29.0 Å². The maximum absolute atomic E-state index is 12.0. The van der Waals surface area contributed by atoms with E-state index in [4.69, 9.17) is 11.0 Å². The molecule has 0 bridgehead atoms. The van der Waals surface area contributed by atoms with Gasteiger partial charge in [-0.2, -0.15) is 5.26 Å². The Morgan fingerprint density at radius 3 is 2.48 bits per heavy atom. The van der Waals surface area contributed by atoms with Crippen LogP contribution in [0.2, 0.25) is 0 Å². The first-order valence-electron chi connectivity index (χ1n) is 6.92. The van der Waals surface area contributed by atoms with Crippen molar-refractivity contribution in [2.45, 2.75) is 11.3 Å². The molecular formula is C17H15N3O2S. The second-order valence-corrected chi connectivity index (χ2v) is 5.86. The zero-order valence-electron chi connectivity index (χ0n) is 12.3. The molecule has 0 heterocycles. The lowest BCUT2D eigenvalue weighted by Gasteiger charge is -2.08. The summed E-state index contributed by atoms with van der Waals surface area (Å²) < 4.78 is 0. The van der Waals surface area contributed by atoms with Gasteiger partial charge >= 0.3 is 0 Å². The monoisotopic (exact) mass is 325 g/mol. The van der Waals surface area contributed by atoms with Crippen molar-refractivity contribution in [1.82, 2.24) is 0 Å². The van der Waals surface area contributed by atoms with Crippen LogP contribution in [0.4, 0.5) is 5.69 Å². The van der Waals surface area contributed by atoms with Crippen molar-refractivity contribution in [1.29, 1.82) is 5.26 Å². The topological polar surface area (TPSA) is 96.0 Å². The molecule has 3 N–H and O–H groups in total. The van der Waals surface area contributed by atoms with Crippen LogP contribution in [0.5, 0.6) is 0 Å². The molecule has 0 radical (unpaired) electrons. The molecule has 0 atom stereocenters. The fourth-order valence-electron chi connectivity index (χ4n) is 1.91. The summed E-state index contributed by atoms with van der Waals surface area (Å²) in [5.74, 6) is -0.163. The molecule has 2 amide bonds. The third-order valence-electron chi connectivity index (χ3n) is 3.05. The zero-order valence-corrected chi connectivity index (χ0v) is 13.1. The first kappa shape index (κ1) is 16.6. The number of nitriles is 1. The highest BCUT2D eigenvalue weighted by Gasteiger charge is 2.10. The molecule has 0 aromatic heterocycles. The second kappa shape index (κ2) is 8.01. The third kappa shape index (κ3) is 4.87. The van der Waals surface area contributed by atoms with Crippen LogP contribution in [0, 0.1) is 11.3 Å². The third-order valence-corrected chi connectivity index (χ3v) is 4.06. The van der Waals surface area contributed by atoms with Crippen LogP contribution in [0.1, 0.15) is 22.3 Å². The molecule has 0 aliphatic rings. The Bertz CT molecular complexity index is 751. The van der Waals surface area contributed by atoms with E-state index < -0.39 is 5.91 Å². The lowest BCUT2D eigenvalue weighted by Crippen LogP contribution is -2.18. The van der Waals surface area contributed by atoms with Crippen molar-refractivity contribution in [2.24, 2.45) is 5.73 Å². The van der Waals surface area contributed by atoms with E-state index in [1.165, 1.54) is 11.8 Å². The predicted octanol–water partition coefficient (Wildman–Crippen LogP) is 2.78.